The number of rotatable bonds is 18. The van der Waals surface area contributed by atoms with E-state index in [0.29, 0.717) is 48.4 Å². The van der Waals surface area contributed by atoms with Crippen LogP contribution in [0.15, 0.2) is 36.4 Å². The van der Waals surface area contributed by atoms with Gasteiger partial charge in [-0.15, -0.1) is 0 Å². The van der Waals surface area contributed by atoms with Gasteiger partial charge in [0.15, 0.2) is 23.0 Å². The molecule has 0 spiro atoms. The molecule has 10 heteroatoms. The van der Waals surface area contributed by atoms with Gasteiger partial charge in [0.2, 0.25) is 13.1 Å². The molecule has 0 N–H and O–H groups in total. The third kappa shape index (κ3) is 10.5. The molecule has 0 radical (unpaired) electrons. The molecule has 10 nitrogen and oxygen atoms in total. The Labute approximate surface area is 222 Å². The van der Waals surface area contributed by atoms with E-state index in [2.05, 4.69) is 0 Å². The topological polar surface area (TPSA) is 124 Å². The predicted molar refractivity (Wildman–Crippen MR) is 137 cm³/mol. The van der Waals surface area contributed by atoms with Crippen LogP contribution >= 0.6 is 0 Å². The van der Waals surface area contributed by atoms with E-state index in [1.807, 2.05) is 13.8 Å². The molecule has 2 aromatic carbocycles. The number of ether oxygens (including phenoxy) is 6. The number of carbonyl (C=O) groups is 4. The van der Waals surface area contributed by atoms with Gasteiger partial charge in [-0.1, -0.05) is 20.3 Å². The van der Waals surface area contributed by atoms with E-state index >= 15 is 0 Å². The van der Waals surface area contributed by atoms with Crippen LogP contribution in [-0.4, -0.2) is 50.8 Å². The van der Waals surface area contributed by atoms with Crippen LogP contribution in [-0.2, 0) is 19.1 Å². The zero-order chi connectivity index (χ0) is 27.8. The Balaban J connectivity index is 1.80. The van der Waals surface area contributed by atoms with Crippen molar-refractivity contribution in [2.24, 2.45) is 0 Å². The van der Waals surface area contributed by atoms with Crippen molar-refractivity contribution < 1.29 is 47.6 Å². The van der Waals surface area contributed by atoms with E-state index in [4.69, 9.17) is 28.4 Å². The summed E-state index contributed by atoms with van der Waals surface area (Å²) in [6.07, 6.45) is 2.43. The number of hydrogen-bond donors (Lipinski definition) is 0. The van der Waals surface area contributed by atoms with Gasteiger partial charge in [-0.2, -0.15) is 0 Å². The van der Waals surface area contributed by atoms with E-state index in [-0.39, 0.29) is 24.3 Å². The first-order chi connectivity index (χ1) is 18.4. The fourth-order valence-corrected chi connectivity index (χ4v) is 3.06. The van der Waals surface area contributed by atoms with Gasteiger partial charge in [-0.25, -0.2) is 0 Å². The molecule has 0 fully saturated rings. The Bertz CT molecular complexity index is 1070. The highest BCUT2D eigenvalue weighted by molar-refractivity contribution is 5.78. The minimum atomic E-state index is -0.996. The van der Waals surface area contributed by atoms with Crippen LogP contribution in [0.1, 0.15) is 73.6 Å². The summed E-state index contributed by atoms with van der Waals surface area (Å²) in [6.45, 7) is 6.00. The second-order valence-electron chi connectivity index (χ2n) is 8.15. The third-order valence-electron chi connectivity index (χ3n) is 4.98. The quantitative estimate of drug-likeness (QED) is 0.114. The van der Waals surface area contributed by atoms with Gasteiger partial charge in [0.05, 0.1) is 26.1 Å². The summed E-state index contributed by atoms with van der Waals surface area (Å²) in [5.41, 5.74) is 0.764. The summed E-state index contributed by atoms with van der Waals surface area (Å²) >= 11 is 0. The van der Waals surface area contributed by atoms with Crippen molar-refractivity contribution in [1.82, 2.24) is 0 Å². The summed E-state index contributed by atoms with van der Waals surface area (Å²) in [5.74, 6) is 0.0234. The van der Waals surface area contributed by atoms with Gasteiger partial charge in [-0.3, -0.25) is 19.2 Å². The van der Waals surface area contributed by atoms with Gasteiger partial charge < -0.3 is 28.4 Å². The number of aldehydes is 2. The first kappa shape index (κ1) is 30.1. The lowest BCUT2D eigenvalue weighted by molar-refractivity contribution is -0.164. The summed E-state index contributed by atoms with van der Waals surface area (Å²) in [5, 5.41) is 0. The van der Waals surface area contributed by atoms with Gasteiger partial charge in [0.1, 0.15) is 12.6 Å². The highest BCUT2D eigenvalue weighted by Gasteiger charge is 2.17. The van der Waals surface area contributed by atoms with Gasteiger partial charge >= 0.3 is 11.9 Å². The van der Waals surface area contributed by atoms with E-state index in [0.717, 1.165) is 19.3 Å². The van der Waals surface area contributed by atoms with Gasteiger partial charge in [-0.05, 0) is 49.2 Å². The molecule has 38 heavy (non-hydrogen) atoms. The number of carbonyl (C=O) groups excluding carboxylic acids is 4. The first-order valence-electron chi connectivity index (χ1n) is 12.5. The van der Waals surface area contributed by atoms with Crippen LogP contribution in [0.5, 0.6) is 23.0 Å². The largest absolute Gasteiger partial charge is 0.490 e. The fraction of sp³-hybridized carbons (Fsp3) is 0.429. The van der Waals surface area contributed by atoms with Crippen LogP contribution in [0.3, 0.4) is 0 Å². The molecular weight excluding hydrogens is 496 g/mol. The monoisotopic (exact) mass is 530 g/mol. The SMILES string of the molecule is CCCCOc1ccc(C=O)cc1OC(C)OC(=O)CCC(=O)OCOc1cc(C=O)ccc1OCCC. The minimum Gasteiger partial charge on any atom is -0.490 e. The summed E-state index contributed by atoms with van der Waals surface area (Å²) < 4.78 is 32.6. The molecule has 0 amide bonds. The van der Waals surface area contributed by atoms with Crippen molar-refractivity contribution in [2.75, 3.05) is 20.0 Å². The molecular formula is C28H34O10. The van der Waals surface area contributed by atoms with Crippen LogP contribution in [0, 0.1) is 0 Å². The Morgan fingerprint density at radius 1 is 0.763 bits per heavy atom. The first-order valence-corrected chi connectivity index (χ1v) is 12.5. The fourth-order valence-electron chi connectivity index (χ4n) is 3.06. The molecule has 0 aromatic heterocycles. The number of esters is 2. The third-order valence-corrected chi connectivity index (χ3v) is 4.98. The highest BCUT2D eigenvalue weighted by atomic mass is 16.7. The van der Waals surface area contributed by atoms with Crippen LogP contribution in [0.4, 0.5) is 0 Å². The molecule has 0 saturated carbocycles. The average Bonchev–Trinajstić information content (AvgIpc) is 2.91. The molecule has 0 aliphatic rings. The van der Waals surface area contributed by atoms with E-state index in [1.54, 1.807) is 24.3 Å². The number of benzene rings is 2. The average molecular weight is 531 g/mol. The summed E-state index contributed by atoms with van der Waals surface area (Å²) in [6, 6.07) is 9.40. The zero-order valence-electron chi connectivity index (χ0n) is 21.9. The second kappa shape index (κ2) is 16.6. The van der Waals surface area contributed by atoms with Gasteiger partial charge in [0.25, 0.3) is 0 Å². The Kier molecular flexibility index (Phi) is 13.2. The maximum absolute atomic E-state index is 12.2. The van der Waals surface area contributed by atoms with E-state index in [9.17, 15) is 19.2 Å². The molecule has 1 unspecified atom stereocenters. The molecule has 0 aliphatic heterocycles. The lowest BCUT2D eigenvalue weighted by Crippen LogP contribution is -2.22. The van der Waals surface area contributed by atoms with Crippen molar-refractivity contribution in [1.29, 1.82) is 0 Å². The smallest absolute Gasteiger partial charge is 0.309 e. The number of hydrogen-bond acceptors (Lipinski definition) is 10. The highest BCUT2D eigenvalue weighted by Crippen LogP contribution is 2.30. The Morgan fingerprint density at radius 2 is 1.37 bits per heavy atom. The van der Waals surface area contributed by atoms with E-state index in [1.165, 1.54) is 19.1 Å². The predicted octanol–water partition coefficient (Wildman–Crippen LogP) is 4.91. The normalized spacial score (nSPS) is 11.1. The molecule has 0 aliphatic carbocycles. The molecule has 0 heterocycles. The Morgan fingerprint density at radius 3 is 2.00 bits per heavy atom. The molecule has 0 saturated heterocycles. The maximum Gasteiger partial charge on any atom is 0.309 e. The van der Waals surface area contributed by atoms with Crippen LogP contribution in [0.2, 0.25) is 0 Å². The Hall–Kier alpha value is -4.08. The van der Waals surface area contributed by atoms with Crippen molar-refractivity contribution >= 4 is 24.5 Å². The van der Waals surface area contributed by atoms with Crippen molar-refractivity contribution in [3.8, 4) is 23.0 Å². The number of unbranched alkanes of at least 4 members (excludes halogenated alkanes) is 1. The van der Waals surface area contributed by atoms with Gasteiger partial charge in [0, 0.05) is 18.1 Å². The molecule has 2 rings (SSSR count). The van der Waals surface area contributed by atoms with Crippen LogP contribution < -0.4 is 18.9 Å². The molecule has 0 bridgehead atoms. The van der Waals surface area contributed by atoms with Crippen LogP contribution in [0.25, 0.3) is 0 Å². The van der Waals surface area contributed by atoms with Crippen molar-refractivity contribution in [3.63, 3.8) is 0 Å². The lowest BCUT2D eigenvalue weighted by Gasteiger charge is -2.18. The lowest BCUT2D eigenvalue weighted by atomic mass is 10.2. The van der Waals surface area contributed by atoms with E-state index < -0.39 is 25.0 Å². The minimum absolute atomic E-state index is 0.242. The molecule has 1 atom stereocenters. The summed E-state index contributed by atoms with van der Waals surface area (Å²) in [7, 11) is 0. The standard InChI is InChI=1S/C28H34O10/c1-4-6-14-34-24-10-8-22(18-30)16-26(24)37-20(3)38-28(32)12-11-27(31)36-19-35-25-15-21(17-29)7-9-23(25)33-13-5-2/h7-10,15-18,20H,4-6,11-14,19H2,1-3H3. The van der Waals surface area contributed by atoms with Crippen molar-refractivity contribution in [2.45, 2.75) is 59.2 Å². The maximum atomic E-state index is 12.2. The summed E-state index contributed by atoms with van der Waals surface area (Å²) in [4.78, 5) is 46.4. The molecule has 2 aromatic rings. The second-order valence-corrected chi connectivity index (χ2v) is 8.15. The van der Waals surface area contributed by atoms with Crippen molar-refractivity contribution in [3.05, 3.63) is 47.5 Å². The molecule has 206 valence electrons. The zero-order valence-corrected chi connectivity index (χ0v) is 21.9.